The maximum Gasteiger partial charge on any atom is 0.310 e. The lowest BCUT2D eigenvalue weighted by Gasteiger charge is -2.50. The molecule has 0 aliphatic heterocycles. The Morgan fingerprint density at radius 3 is 2.79 bits per heavy atom. The molecule has 1 saturated carbocycles. The van der Waals surface area contributed by atoms with Crippen LogP contribution >= 0.6 is 15.9 Å². The van der Waals surface area contributed by atoms with Crippen molar-refractivity contribution in [1.82, 2.24) is 0 Å². The first-order valence-corrected chi connectivity index (χ1v) is 7.36. The second kappa shape index (κ2) is 5.12. The van der Waals surface area contributed by atoms with Crippen molar-refractivity contribution in [1.29, 1.82) is 0 Å². The van der Waals surface area contributed by atoms with Crippen molar-refractivity contribution in [3.05, 3.63) is 33.9 Å². The predicted molar refractivity (Wildman–Crippen MR) is 78.0 cm³/mol. The van der Waals surface area contributed by atoms with Crippen LogP contribution in [0.5, 0.6) is 5.75 Å². The molecule has 1 aliphatic carbocycles. The number of benzene rings is 1. The molecule has 0 N–H and O–H groups in total. The van der Waals surface area contributed by atoms with E-state index in [9.17, 15) is 10.1 Å². The lowest BCUT2D eigenvalue weighted by atomic mass is 9.65. The normalized spacial score (nSPS) is 29.7. The van der Waals surface area contributed by atoms with Crippen LogP contribution in [0.3, 0.4) is 0 Å². The van der Waals surface area contributed by atoms with E-state index in [4.69, 9.17) is 4.74 Å². The molecule has 0 radical (unpaired) electrons. The van der Waals surface area contributed by atoms with E-state index in [0.717, 1.165) is 18.4 Å². The Labute approximate surface area is 121 Å². The molecule has 0 aromatic heterocycles. The highest BCUT2D eigenvalue weighted by molar-refractivity contribution is 9.09. The fraction of sp³-hybridized carbons (Fsp3) is 0.571. The molecule has 1 aliphatic rings. The summed E-state index contributed by atoms with van der Waals surface area (Å²) in [7, 11) is 0. The van der Waals surface area contributed by atoms with E-state index < -0.39 is 0 Å². The molecule has 1 fully saturated rings. The Balaban J connectivity index is 2.25. The van der Waals surface area contributed by atoms with Crippen molar-refractivity contribution in [3.8, 4) is 5.75 Å². The molecule has 104 valence electrons. The SMILES string of the molecule is CCC1(C)C(Br)CC1Oc1cc(C)ccc1[N+](=O)[O-]. The number of nitro groups is 1. The summed E-state index contributed by atoms with van der Waals surface area (Å²) in [5.74, 6) is 0.383. The number of hydrogen-bond donors (Lipinski definition) is 0. The highest BCUT2D eigenvalue weighted by atomic mass is 79.9. The highest BCUT2D eigenvalue weighted by Gasteiger charge is 2.51. The van der Waals surface area contributed by atoms with Gasteiger partial charge in [0.1, 0.15) is 6.10 Å². The quantitative estimate of drug-likeness (QED) is 0.472. The molecule has 3 unspecified atom stereocenters. The third-order valence-electron chi connectivity index (χ3n) is 4.22. The van der Waals surface area contributed by atoms with Gasteiger partial charge in [-0.15, -0.1) is 0 Å². The number of ether oxygens (including phenoxy) is 1. The number of nitro benzene ring substituents is 1. The molecule has 1 aromatic rings. The zero-order chi connectivity index (χ0) is 14.2. The average Bonchev–Trinajstić information content (AvgIpc) is 2.37. The molecular formula is C14H18BrNO3. The van der Waals surface area contributed by atoms with Crippen molar-refractivity contribution in [3.63, 3.8) is 0 Å². The minimum absolute atomic E-state index is 0.0300. The van der Waals surface area contributed by atoms with Gasteiger partial charge in [0.05, 0.1) is 4.92 Å². The largest absolute Gasteiger partial charge is 0.483 e. The molecule has 0 amide bonds. The summed E-state index contributed by atoms with van der Waals surface area (Å²) in [6.45, 7) is 6.18. The highest BCUT2D eigenvalue weighted by Crippen LogP contribution is 2.50. The topological polar surface area (TPSA) is 52.4 Å². The van der Waals surface area contributed by atoms with E-state index >= 15 is 0 Å². The van der Waals surface area contributed by atoms with E-state index in [1.54, 1.807) is 12.1 Å². The number of halogens is 1. The second-order valence-electron chi connectivity index (χ2n) is 5.40. The molecule has 5 heteroatoms. The van der Waals surface area contributed by atoms with Gasteiger partial charge in [0.25, 0.3) is 0 Å². The molecule has 0 saturated heterocycles. The summed E-state index contributed by atoms with van der Waals surface area (Å²) in [6.07, 6.45) is 1.89. The van der Waals surface area contributed by atoms with Crippen molar-refractivity contribution >= 4 is 21.6 Å². The van der Waals surface area contributed by atoms with Crippen LogP contribution in [0.25, 0.3) is 0 Å². The Bertz CT molecular complexity index is 505. The Morgan fingerprint density at radius 2 is 2.26 bits per heavy atom. The van der Waals surface area contributed by atoms with Crippen LogP contribution in [0.15, 0.2) is 18.2 Å². The second-order valence-corrected chi connectivity index (χ2v) is 6.50. The van der Waals surface area contributed by atoms with Gasteiger partial charge in [0.15, 0.2) is 5.75 Å². The molecule has 0 bridgehead atoms. The van der Waals surface area contributed by atoms with Crippen molar-refractivity contribution < 1.29 is 9.66 Å². The van der Waals surface area contributed by atoms with Crippen LogP contribution < -0.4 is 4.74 Å². The summed E-state index contributed by atoms with van der Waals surface area (Å²) in [4.78, 5) is 11.1. The van der Waals surface area contributed by atoms with E-state index in [1.165, 1.54) is 6.07 Å². The fourth-order valence-corrected chi connectivity index (χ4v) is 3.38. The van der Waals surface area contributed by atoms with Gasteiger partial charge in [-0.3, -0.25) is 10.1 Å². The van der Waals surface area contributed by atoms with Crippen LogP contribution in [0.2, 0.25) is 0 Å². The minimum Gasteiger partial charge on any atom is -0.483 e. The van der Waals surface area contributed by atoms with E-state index in [1.807, 2.05) is 6.92 Å². The Kier molecular flexibility index (Phi) is 3.85. The zero-order valence-corrected chi connectivity index (χ0v) is 12.9. The summed E-state index contributed by atoms with van der Waals surface area (Å²) < 4.78 is 5.93. The van der Waals surface area contributed by atoms with Crippen LogP contribution in [0.1, 0.15) is 32.3 Å². The van der Waals surface area contributed by atoms with E-state index in [-0.39, 0.29) is 22.1 Å². The third-order valence-corrected chi connectivity index (χ3v) is 5.63. The number of alkyl halides is 1. The van der Waals surface area contributed by atoms with Crippen molar-refractivity contribution in [2.24, 2.45) is 5.41 Å². The van der Waals surface area contributed by atoms with Crippen LogP contribution in [-0.4, -0.2) is 15.9 Å². The first-order chi connectivity index (χ1) is 8.88. The molecular weight excluding hydrogens is 310 g/mol. The number of rotatable bonds is 4. The van der Waals surface area contributed by atoms with Crippen LogP contribution in [0, 0.1) is 22.5 Å². The lowest BCUT2D eigenvalue weighted by molar-refractivity contribution is -0.386. The average molecular weight is 328 g/mol. The zero-order valence-electron chi connectivity index (χ0n) is 11.4. The molecule has 0 spiro atoms. The fourth-order valence-electron chi connectivity index (χ4n) is 2.42. The molecule has 1 aromatic carbocycles. The number of hydrogen-bond acceptors (Lipinski definition) is 3. The molecule has 4 nitrogen and oxygen atoms in total. The van der Waals surface area contributed by atoms with E-state index in [0.29, 0.717) is 10.6 Å². The summed E-state index contributed by atoms with van der Waals surface area (Å²) in [5, 5.41) is 11.0. The maximum atomic E-state index is 11.0. The van der Waals surface area contributed by atoms with Gasteiger partial charge in [0, 0.05) is 16.3 Å². The van der Waals surface area contributed by atoms with Crippen LogP contribution in [-0.2, 0) is 0 Å². The molecule has 0 heterocycles. The standard InChI is InChI=1S/C14H18BrNO3/c1-4-14(3)12(15)8-13(14)19-11-7-9(2)5-6-10(11)16(17)18/h5-7,12-13H,4,8H2,1-3H3. The molecule has 3 atom stereocenters. The first-order valence-electron chi connectivity index (χ1n) is 6.44. The lowest BCUT2D eigenvalue weighted by Crippen LogP contribution is -2.54. The van der Waals surface area contributed by atoms with Crippen LogP contribution in [0.4, 0.5) is 5.69 Å². The summed E-state index contributed by atoms with van der Waals surface area (Å²) >= 11 is 3.64. The Hall–Kier alpha value is -1.10. The third kappa shape index (κ3) is 2.48. The molecule has 19 heavy (non-hydrogen) atoms. The van der Waals surface area contributed by atoms with Gasteiger partial charge in [-0.25, -0.2) is 0 Å². The smallest absolute Gasteiger partial charge is 0.310 e. The van der Waals surface area contributed by atoms with Gasteiger partial charge in [0.2, 0.25) is 0 Å². The van der Waals surface area contributed by atoms with Gasteiger partial charge < -0.3 is 4.74 Å². The molecule has 2 rings (SSSR count). The van der Waals surface area contributed by atoms with Crippen molar-refractivity contribution in [2.45, 2.75) is 44.5 Å². The van der Waals surface area contributed by atoms with E-state index in [2.05, 4.69) is 29.8 Å². The van der Waals surface area contributed by atoms with Crippen molar-refractivity contribution in [2.75, 3.05) is 0 Å². The maximum absolute atomic E-state index is 11.0. The first kappa shape index (κ1) is 14.3. The minimum atomic E-state index is -0.387. The Morgan fingerprint density at radius 1 is 1.58 bits per heavy atom. The van der Waals surface area contributed by atoms with Gasteiger partial charge in [-0.2, -0.15) is 0 Å². The van der Waals surface area contributed by atoms with Gasteiger partial charge in [-0.1, -0.05) is 35.8 Å². The van der Waals surface area contributed by atoms with Gasteiger partial charge in [-0.05, 0) is 31.4 Å². The predicted octanol–water partition coefficient (Wildman–Crippen LogP) is 4.23. The summed E-state index contributed by atoms with van der Waals surface area (Å²) in [6, 6.07) is 4.99. The van der Waals surface area contributed by atoms with Gasteiger partial charge >= 0.3 is 5.69 Å². The monoisotopic (exact) mass is 327 g/mol. The summed E-state index contributed by atoms with van der Waals surface area (Å²) in [5.41, 5.74) is 1.05. The number of aryl methyl sites for hydroxylation is 1. The number of nitrogens with zero attached hydrogens (tertiary/aromatic N) is 1.